The Hall–Kier alpha value is -3.03. The molecule has 0 aromatic heterocycles. The number of rotatable bonds is 5. The van der Waals surface area contributed by atoms with E-state index in [4.69, 9.17) is 14.6 Å². The Bertz CT molecular complexity index is 638. The van der Waals surface area contributed by atoms with Gasteiger partial charge in [-0.2, -0.15) is 0 Å². The van der Waals surface area contributed by atoms with Crippen LogP contribution in [0.5, 0.6) is 11.5 Å². The minimum Gasteiger partial charge on any atom is -0.493 e. The van der Waals surface area contributed by atoms with Crippen molar-refractivity contribution in [3.63, 3.8) is 0 Å². The van der Waals surface area contributed by atoms with Crippen LogP contribution < -0.4 is 20.1 Å². The van der Waals surface area contributed by atoms with E-state index in [2.05, 4.69) is 10.6 Å². The van der Waals surface area contributed by atoms with Gasteiger partial charge in [-0.1, -0.05) is 6.07 Å². The second-order valence-corrected chi connectivity index (χ2v) is 4.06. The summed E-state index contributed by atoms with van der Waals surface area (Å²) in [6.45, 7) is -0.491. The topological polar surface area (TPSA) is 114 Å². The van der Waals surface area contributed by atoms with Crippen LogP contribution in [0.15, 0.2) is 23.9 Å². The van der Waals surface area contributed by atoms with Crippen molar-refractivity contribution in [1.29, 1.82) is 0 Å². The summed E-state index contributed by atoms with van der Waals surface area (Å²) in [7, 11) is 1.41. The highest BCUT2D eigenvalue weighted by Crippen LogP contribution is 2.28. The second-order valence-electron chi connectivity index (χ2n) is 4.06. The van der Waals surface area contributed by atoms with E-state index in [1.165, 1.54) is 19.3 Å². The molecule has 3 N–H and O–H groups in total. The van der Waals surface area contributed by atoms with Gasteiger partial charge in [-0.3, -0.25) is 10.1 Å². The highest BCUT2D eigenvalue weighted by Gasteiger charge is 2.22. The number of amides is 3. The van der Waals surface area contributed by atoms with Crippen molar-refractivity contribution in [3.8, 4) is 11.5 Å². The van der Waals surface area contributed by atoms with Crippen molar-refractivity contribution in [3.05, 3.63) is 29.5 Å². The Labute approximate surface area is 119 Å². The Balaban J connectivity index is 2.23. The molecule has 1 aromatic rings. The molecular formula is C13H12N2O6. The number of hydrogen-bond donors (Lipinski definition) is 3. The third-order valence-electron chi connectivity index (χ3n) is 2.57. The van der Waals surface area contributed by atoms with E-state index in [0.29, 0.717) is 11.3 Å². The summed E-state index contributed by atoms with van der Waals surface area (Å²) in [6, 6.07) is 4.09. The van der Waals surface area contributed by atoms with Gasteiger partial charge in [0.05, 0.1) is 7.11 Å². The summed E-state index contributed by atoms with van der Waals surface area (Å²) in [5, 5.41) is 13.0. The summed E-state index contributed by atoms with van der Waals surface area (Å²) in [6.07, 6.45) is 1.46. The number of nitrogens with one attached hydrogen (secondary N) is 2. The maximum Gasteiger partial charge on any atom is 0.341 e. The fraction of sp³-hybridized carbons (Fsp3) is 0.154. The molecule has 1 aliphatic rings. The van der Waals surface area contributed by atoms with Gasteiger partial charge in [0.25, 0.3) is 5.91 Å². The number of carboxylic acids is 1. The molecule has 0 unspecified atom stereocenters. The maximum atomic E-state index is 11.4. The number of methoxy groups -OCH3 is 1. The first kappa shape index (κ1) is 14.4. The van der Waals surface area contributed by atoms with Crippen LogP contribution in [0.1, 0.15) is 5.56 Å². The molecule has 21 heavy (non-hydrogen) atoms. The van der Waals surface area contributed by atoms with Crippen LogP contribution in [0, 0.1) is 0 Å². The van der Waals surface area contributed by atoms with E-state index in [1.807, 2.05) is 0 Å². The molecular weight excluding hydrogens is 280 g/mol. The zero-order valence-electron chi connectivity index (χ0n) is 11.0. The van der Waals surface area contributed by atoms with Crippen molar-refractivity contribution >= 4 is 24.0 Å². The van der Waals surface area contributed by atoms with Gasteiger partial charge in [-0.15, -0.1) is 0 Å². The van der Waals surface area contributed by atoms with Crippen molar-refractivity contribution < 1.29 is 29.0 Å². The molecule has 8 heteroatoms. The van der Waals surface area contributed by atoms with Crippen molar-refractivity contribution in [2.24, 2.45) is 0 Å². The van der Waals surface area contributed by atoms with Crippen molar-refractivity contribution in [2.75, 3.05) is 13.7 Å². The molecule has 0 saturated carbocycles. The third kappa shape index (κ3) is 3.50. The standard InChI is InChI=1S/C13H12N2O6/c1-20-10-5-7(2-3-9(10)21-6-11(16)17)4-8-12(18)15-13(19)14-8/h2-5H,6H2,1H3,(H,16,17)(H2,14,15,18,19)/b8-4-. The largest absolute Gasteiger partial charge is 0.493 e. The normalized spacial score (nSPS) is 15.6. The lowest BCUT2D eigenvalue weighted by atomic mass is 10.1. The first-order valence-corrected chi connectivity index (χ1v) is 5.86. The molecule has 1 heterocycles. The van der Waals surface area contributed by atoms with E-state index < -0.39 is 24.5 Å². The van der Waals surface area contributed by atoms with E-state index >= 15 is 0 Å². The van der Waals surface area contributed by atoms with Gasteiger partial charge in [0.15, 0.2) is 18.1 Å². The average molecular weight is 292 g/mol. The van der Waals surface area contributed by atoms with E-state index in [-0.39, 0.29) is 11.4 Å². The van der Waals surface area contributed by atoms with Gasteiger partial charge in [0, 0.05) is 0 Å². The highest BCUT2D eigenvalue weighted by atomic mass is 16.5. The molecule has 1 aliphatic heterocycles. The van der Waals surface area contributed by atoms with Gasteiger partial charge in [-0.25, -0.2) is 9.59 Å². The first-order chi connectivity index (χ1) is 9.99. The van der Waals surface area contributed by atoms with Crippen LogP contribution >= 0.6 is 0 Å². The lowest BCUT2D eigenvalue weighted by Gasteiger charge is -2.09. The van der Waals surface area contributed by atoms with Gasteiger partial charge < -0.3 is 19.9 Å². The Kier molecular flexibility index (Phi) is 4.07. The van der Waals surface area contributed by atoms with E-state index in [1.54, 1.807) is 12.1 Å². The molecule has 0 spiro atoms. The van der Waals surface area contributed by atoms with Crippen LogP contribution in [-0.4, -0.2) is 36.7 Å². The number of hydrogen-bond acceptors (Lipinski definition) is 5. The number of benzene rings is 1. The zero-order chi connectivity index (χ0) is 15.4. The monoisotopic (exact) mass is 292 g/mol. The van der Waals surface area contributed by atoms with Gasteiger partial charge in [0.1, 0.15) is 5.70 Å². The minimum absolute atomic E-state index is 0.112. The second kappa shape index (κ2) is 5.95. The van der Waals surface area contributed by atoms with Gasteiger partial charge in [0.2, 0.25) is 0 Å². The summed E-state index contributed by atoms with van der Waals surface area (Å²) >= 11 is 0. The molecule has 110 valence electrons. The molecule has 0 atom stereocenters. The number of carbonyl (C=O) groups is 3. The molecule has 1 aromatic carbocycles. The predicted octanol–water partition coefficient (Wildman–Crippen LogP) is 0.339. The predicted molar refractivity (Wildman–Crippen MR) is 70.8 cm³/mol. The Morgan fingerprint density at radius 1 is 1.29 bits per heavy atom. The molecule has 8 nitrogen and oxygen atoms in total. The maximum absolute atomic E-state index is 11.4. The Morgan fingerprint density at radius 2 is 2.05 bits per heavy atom. The van der Waals surface area contributed by atoms with Crippen LogP contribution in [0.3, 0.4) is 0 Å². The summed E-state index contributed by atoms with van der Waals surface area (Å²) < 4.78 is 10.2. The van der Waals surface area contributed by atoms with Crippen LogP contribution in [0.4, 0.5) is 4.79 Å². The molecule has 3 amide bonds. The SMILES string of the molecule is COc1cc(/C=C2\NC(=O)NC2=O)ccc1OCC(=O)O. The molecule has 0 radical (unpaired) electrons. The number of carboxylic acid groups (broad SMARTS) is 1. The number of carbonyl (C=O) groups excluding carboxylic acids is 2. The van der Waals surface area contributed by atoms with Crippen LogP contribution in [-0.2, 0) is 9.59 Å². The first-order valence-electron chi connectivity index (χ1n) is 5.86. The number of aliphatic carboxylic acids is 1. The number of imide groups is 1. The molecule has 1 saturated heterocycles. The average Bonchev–Trinajstić information content (AvgIpc) is 2.75. The lowest BCUT2D eigenvalue weighted by molar-refractivity contribution is -0.139. The zero-order valence-corrected chi connectivity index (χ0v) is 11.0. The van der Waals surface area contributed by atoms with Crippen molar-refractivity contribution in [2.45, 2.75) is 0 Å². The number of ether oxygens (including phenoxy) is 2. The molecule has 0 aliphatic carbocycles. The summed E-state index contributed by atoms with van der Waals surface area (Å²) in [5.74, 6) is -1.05. The quantitative estimate of drug-likeness (QED) is 0.532. The lowest BCUT2D eigenvalue weighted by Crippen LogP contribution is -2.22. The summed E-state index contributed by atoms with van der Waals surface area (Å²) in [5.41, 5.74) is 0.697. The van der Waals surface area contributed by atoms with Crippen molar-refractivity contribution in [1.82, 2.24) is 10.6 Å². The number of urea groups is 1. The molecule has 0 bridgehead atoms. The third-order valence-corrected chi connectivity index (χ3v) is 2.57. The van der Waals surface area contributed by atoms with Gasteiger partial charge in [-0.05, 0) is 23.8 Å². The van der Waals surface area contributed by atoms with Crippen LogP contribution in [0.25, 0.3) is 6.08 Å². The fourth-order valence-electron chi connectivity index (χ4n) is 1.68. The van der Waals surface area contributed by atoms with E-state index in [9.17, 15) is 14.4 Å². The summed E-state index contributed by atoms with van der Waals surface area (Å²) in [4.78, 5) is 32.9. The molecule has 2 rings (SSSR count). The molecule has 1 fully saturated rings. The van der Waals surface area contributed by atoms with Crippen LogP contribution in [0.2, 0.25) is 0 Å². The fourth-order valence-corrected chi connectivity index (χ4v) is 1.68. The van der Waals surface area contributed by atoms with Gasteiger partial charge >= 0.3 is 12.0 Å². The Morgan fingerprint density at radius 3 is 2.62 bits per heavy atom. The van der Waals surface area contributed by atoms with E-state index in [0.717, 1.165) is 0 Å². The highest BCUT2D eigenvalue weighted by molar-refractivity contribution is 6.14. The minimum atomic E-state index is -1.10. The smallest absolute Gasteiger partial charge is 0.341 e.